The Kier molecular flexibility index (Phi) is 8.70. The Morgan fingerprint density at radius 3 is 2.53 bits per heavy atom. The maximum atomic E-state index is 12.9. The largest absolute Gasteiger partial charge is 0.495 e. The molecule has 2 atom stereocenters. The number of hydrogen-bond acceptors (Lipinski definition) is 6. The lowest BCUT2D eigenvalue weighted by Gasteiger charge is -2.29. The second-order valence-corrected chi connectivity index (χ2v) is 10.9. The van der Waals surface area contributed by atoms with Gasteiger partial charge in [-0.05, 0) is 43.7 Å². The minimum atomic E-state index is -3.71. The van der Waals surface area contributed by atoms with Gasteiger partial charge in [0.2, 0.25) is 15.9 Å². The van der Waals surface area contributed by atoms with E-state index in [1.165, 1.54) is 32.8 Å². The Labute approximate surface area is 203 Å². The SMILES string of the molecule is CCN(CC(=O)Nc1ccc(OC)c(S(=O)(=O)N(C)C)c1)C1CCN(C(C)c2ccccc2)C1. The fourth-order valence-corrected chi connectivity index (χ4v) is 5.47. The molecule has 2 aromatic carbocycles. The van der Waals surface area contributed by atoms with Crippen LogP contribution in [0.2, 0.25) is 0 Å². The van der Waals surface area contributed by atoms with Gasteiger partial charge in [0.1, 0.15) is 10.6 Å². The molecule has 9 heteroatoms. The van der Waals surface area contributed by atoms with Crippen molar-refractivity contribution in [1.82, 2.24) is 14.1 Å². The quantitative estimate of drug-likeness (QED) is 0.554. The number of likely N-dealkylation sites (tertiary alicyclic amines) is 1. The van der Waals surface area contributed by atoms with E-state index in [0.717, 1.165) is 30.4 Å². The summed E-state index contributed by atoms with van der Waals surface area (Å²) < 4.78 is 31.7. The molecule has 2 unspecified atom stereocenters. The van der Waals surface area contributed by atoms with Crippen molar-refractivity contribution in [2.24, 2.45) is 0 Å². The number of carbonyl (C=O) groups excluding carboxylic acids is 1. The van der Waals surface area contributed by atoms with Crippen molar-refractivity contribution in [3.05, 3.63) is 54.1 Å². The van der Waals surface area contributed by atoms with E-state index < -0.39 is 10.0 Å². The van der Waals surface area contributed by atoms with Crippen molar-refractivity contribution in [3.63, 3.8) is 0 Å². The summed E-state index contributed by atoms with van der Waals surface area (Å²) >= 11 is 0. The second-order valence-electron chi connectivity index (χ2n) is 8.79. The minimum Gasteiger partial charge on any atom is -0.495 e. The molecule has 186 valence electrons. The Balaban J connectivity index is 1.65. The molecule has 0 aromatic heterocycles. The standard InChI is InChI=1S/C25H36N4O4S/c1-6-28(22-14-15-29(17-22)19(2)20-10-8-7-9-11-20)18-25(30)26-21-12-13-23(33-5)24(16-21)34(31,32)27(3)4/h7-13,16,19,22H,6,14-15,17-18H2,1-5H3,(H,26,30). The number of hydrogen-bond donors (Lipinski definition) is 1. The van der Waals surface area contributed by atoms with Crippen LogP contribution >= 0.6 is 0 Å². The molecule has 1 saturated heterocycles. The average Bonchev–Trinajstić information content (AvgIpc) is 3.32. The number of nitrogens with zero attached hydrogens (tertiary/aromatic N) is 3. The zero-order valence-electron chi connectivity index (χ0n) is 20.7. The Bertz CT molecular complexity index is 1080. The monoisotopic (exact) mass is 488 g/mol. The lowest BCUT2D eigenvalue weighted by molar-refractivity contribution is -0.117. The number of nitrogens with one attached hydrogen (secondary N) is 1. The molecular formula is C25H36N4O4S. The molecule has 0 spiro atoms. The highest BCUT2D eigenvalue weighted by molar-refractivity contribution is 7.89. The molecular weight excluding hydrogens is 452 g/mol. The normalized spacial score (nSPS) is 17.8. The zero-order chi connectivity index (χ0) is 24.9. The van der Waals surface area contributed by atoms with Gasteiger partial charge in [-0.15, -0.1) is 0 Å². The van der Waals surface area contributed by atoms with Crippen molar-refractivity contribution < 1.29 is 17.9 Å². The van der Waals surface area contributed by atoms with Crippen LogP contribution in [0.3, 0.4) is 0 Å². The molecule has 0 aliphatic carbocycles. The number of rotatable bonds is 10. The first-order chi connectivity index (χ1) is 16.2. The molecule has 1 heterocycles. The number of carbonyl (C=O) groups is 1. The van der Waals surface area contributed by atoms with Crippen LogP contribution in [0.25, 0.3) is 0 Å². The molecule has 1 aliphatic heterocycles. The number of ether oxygens (including phenoxy) is 1. The van der Waals surface area contributed by atoms with Gasteiger partial charge >= 0.3 is 0 Å². The molecule has 34 heavy (non-hydrogen) atoms. The predicted molar refractivity (Wildman–Crippen MR) is 135 cm³/mol. The van der Waals surface area contributed by atoms with Gasteiger partial charge in [0.25, 0.3) is 0 Å². The lowest BCUT2D eigenvalue weighted by atomic mass is 10.1. The summed E-state index contributed by atoms with van der Waals surface area (Å²) in [4.78, 5) is 17.5. The number of methoxy groups -OCH3 is 1. The summed E-state index contributed by atoms with van der Waals surface area (Å²) in [6.45, 7) is 7.19. The molecule has 1 N–H and O–H groups in total. The molecule has 0 saturated carbocycles. The van der Waals surface area contributed by atoms with Crippen molar-refractivity contribution in [2.75, 3.05) is 52.7 Å². The average molecular weight is 489 g/mol. The van der Waals surface area contributed by atoms with Crippen LogP contribution in [-0.2, 0) is 14.8 Å². The van der Waals surface area contributed by atoms with Gasteiger partial charge < -0.3 is 10.1 Å². The third-order valence-corrected chi connectivity index (χ3v) is 8.34. The first-order valence-electron chi connectivity index (χ1n) is 11.6. The lowest BCUT2D eigenvalue weighted by Crippen LogP contribution is -2.42. The van der Waals surface area contributed by atoms with E-state index in [4.69, 9.17) is 4.74 Å². The van der Waals surface area contributed by atoms with Crippen LogP contribution in [0.5, 0.6) is 5.75 Å². The minimum absolute atomic E-state index is 0.0199. The predicted octanol–water partition coefficient (Wildman–Crippen LogP) is 3.04. The Morgan fingerprint density at radius 2 is 1.91 bits per heavy atom. The van der Waals surface area contributed by atoms with Gasteiger partial charge in [-0.3, -0.25) is 14.6 Å². The van der Waals surface area contributed by atoms with Crippen molar-refractivity contribution >= 4 is 21.6 Å². The summed E-state index contributed by atoms with van der Waals surface area (Å²) in [7, 11) is 0.629. The first-order valence-corrected chi connectivity index (χ1v) is 13.0. The summed E-state index contributed by atoms with van der Waals surface area (Å²) in [5, 5.41) is 2.86. The highest BCUT2D eigenvalue weighted by Crippen LogP contribution is 2.29. The molecule has 2 aromatic rings. The van der Waals surface area contributed by atoms with Crippen LogP contribution in [0.15, 0.2) is 53.4 Å². The number of anilines is 1. The van der Waals surface area contributed by atoms with Gasteiger partial charge in [0.05, 0.1) is 13.7 Å². The Hall–Kier alpha value is -2.46. The topological polar surface area (TPSA) is 82.2 Å². The molecule has 8 nitrogen and oxygen atoms in total. The number of sulfonamides is 1. The van der Waals surface area contributed by atoms with Crippen LogP contribution in [0, 0.1) is 0 Å². The van der Waals surface area contributed by atoms with E-state index in [2.05, 4.69) is 53.2 Å². The van der Waals surface area contributed by atoms with Gasteiger partial charge in [-0.25, -0.2) is 12.7 Å². The van der Waals surface area contributed by atoms with Crippen LogP contribution in [-0.4, -0.2) is 81.9 Å². The molecule has 0 bridgehead atoms. The van der Waals surface area contributed by atoms with E-state index in [9.17, 15) is 13.2 Å². The maximum Gasteiger partial charge on any atom is 0.246 e. The second kappa shape index (κ2) is 11.3. The highest BCUT2D eigenvalue weighted by Gasteiger charge is 2.31. The van der Waals surface area contributed by atoms with Gasteiger partial charge in [0, 0.05) is 45.0 Å². The van der Waals surface area contributed by atoms with Gasteiger partial charge in [0.15, 0.2) is 0 Å². The van der Waals surface area contributed by atoms with Crippen LogP contribution < -0.4 is 10.1 Å². The number of likely N-dealkylation sites (N-methyl/N-ethyl adjacent to an activating group) is 1. The molecule has 1 fully saturated rings. The van der Waals surface area contributed by atoms with E-state index in [0.29, 0.717) is 17.8 Å². The summed E-state index contributed by atoms with van der Waals surface area (Å²) in [6, 6.07) is 15.8. The van der Waals surface area contributed by atoms with E-state index in [1.807, 2.05) is 6.07 Å². The number of benzene rings is 2. The van der Waals surface area contributed by atoms with E-state index >= 15 is 0 Å². The van der Waals surface area contributed by atoms with E-state index in [1.54, 1.807) is 12.1 Å². The third kappa shape index (κ3) is 5.96. The molecule has 0 radical (unpaired) electrons. The third-order valence-electron chi connectivity index (χ3n) is 6.50. The van der Waals surface area contributed by atoms with Crippen molar-refractivity contribution in [3.8, 4) is 5.75 Å². The summed E-state index contributed by atoms with van der Waals surface area (Å²) in [5.41, 5.74) is 1.72. The van der Waals surface area contributed by atoms with Crippen molar-refractivity contribution in [2.45, 2.75) is 37.2 Å². The van der Waals surface area contributed by atoms with Crippen LogP contribution in [0.1, 0.15) is 31.9 Å². The fourth-order valence-electron chi connectivity index (χ4n) is 4.40. The van der Waals surface area contributed by atoms with Crippen LogP contribution in [0.4, 0.5) is 5.69 Å². The number of amides is 1. The van der Waals surface area contributed by atoms with Gasteiger partial charge in [-0.2, -0.15) is 0 Å². The summed E-state index contributed by atoms with van der Waals surface area (Å²) in [5.74, 6) is 0.0650. The highest BCUT2D eigenvalue weighted by atomic mass is 32.2. The maximum absolute atomic E-state index is 12.9. The molecule has 1 amide bonds. The van der Waals surface area contributed by atoms with Gasteiger partial charge in [-0.1, -0.05) is 37.3 Å². The zero-order valence-corrected chi connectivity index (χ0v) is 21.5. The first kappa shape index (κ1) is 26.2. The molecule has 1 aliphatic rings. The smallest absolute Gasteiger partial charge is 0.246 e. The van der Waals surface area contributed by atoms with Crippen molar-refractivity contribution in [1.29, 1.82) is 0 Å². The summed E-state index contributed by atoms with van der Waals surface area (Å²) in [6.07, 6.45) is 1.01. The molecule has 3 rings (SSSR count). The Morgan fingerprint density at radius 1 is 1.21 bits per heavy atom. The fraction of sp³-hybridized carbons (Fsp3) is 0.480. The van der Waals surface area contributed by atoms with E-state index in [-0.39, 0.29) is 23.1 Å².